The number of methoxy groups -OCH3 is 1. The van der Waals surface area contributed by atoms with E-state index in [9.17, 15) is 4.79 Å². The maximum Gasteiger partial charge on any atom is 0.236 e. The first-order valence-corrected chi connectivity index (χ1v) is 8.21. The number of carbonyl (C=O) groups is 1. The van der Waals surface area contributed by atoms with E-state index in [0.29, 0.717) is 23.1 Å². The van der Waals surface area contributed by atoms with Crippen LogP contribution in [-0.2, 0) is 11.4 Å². The average molecular weight is 412 g/mol. The lowest BCUT2D eigenvalue weighted by atomic mass is 10.2. The Morgan fingerprint density at radius 2 is 2.08 bits per heavy atom. The highest BCUT2D eigenvalue weighted by Gasteiger charge is 2.10. The average Bonchev–Trinajstić information content (AvgIpc) is 2.55. The Morgan fingerprint density at radius 3 is 2.75 bits per heavy atom. The second-order valence-electron chi connectivity index (χ2n) is 4.83. The van der Waals surface area contributed by atoms with Crippen molar-refractivity contribution in [2.75, 3.05) is 7.11 Å². The molecule has 0 fully saturated rings. The molecule has 0 saturated heterocycles. The van der Waals surface area contributed by atoms with Gasteiger partial charge in [-0.1, -0.05) is 29.8 Å². The van der Waals surface area contributed by atoms with Crippen molar-refractivity contribution in [3.63, 3.8) is 0 Å². The number of benzene rings is 2. The molecule has 0 unspecified atom stereocenters. The number of halogens is 2. The second-order valence-corrected chi connectivity index (χ2v) is 6.09. The highest BCUT2D eigenvalue weighted by atomic mass is 79.9. The van der Waals surface area contributed by atoms with Gasteiger partial charge in [0, 0.05) is 27.5 Å². The summed E-state index contributed by atoms with van der Waals surface area (Å²) in [7, 11) is 1.56. The van der Waals surface area contributed by atoms with Gasteiger partial charge in [-0.2, -0.15) is 5.10 Å². The predicted octanol–water partition coefficient (Wildman–Crippen LogP) is 4.16. The highest BCUT2D eigenvalue weighted by molar-refractivity contribution is 9.10. The number of nitrogens with zero attached hydrogens (tertiary/aromatic N) is 1. The molecular formula is C17H16BrClN2O3. The number of hydrazone groups is 1. The van der Waals surface area contributed by atoms with Crippen LogP contribution in [0.15, 0.2) is 46.0 Å². The molecule has 126 valence electrons. The van der Waals surface area contributed by atoms with E-state index in [0.717, 1.165) is 15.6 Å². The number of rotatable bonds is 6. The van der Waals surface area contributed by atoms with E-state index in [2.05, 4.69) is 26.5 Å². The summed E-state index contributed by atoms with van der Waals surface area (Å²) in [5, 5.41) is 4.49. The Labute approximate surface area is 153 Å². The Bertz CT molecular complexity index is 765. The maximum atomic E-state index is 10.9. The molecule has 0 saturated carbocycles. The summed E-state index contributed by atoms with van der Waals surface area (Å²) in [5.74, 6) is 0.879. The number of carbonyl (C=O) groups excluding carboxylic acids is 1. The lowest BCUT2D eigenvalue weighted by molar-refractivity contribution is -0.118. The van der Waals surface area contributed by atoms with Crippen LogP contribution >= 0.6 is 27.5 Å². The molecular weight excluding hydrogens is 396 g/mol. The largest absolute Gasteiger partial charge is 0.493 e. The SMILES string of the molecule is COc1cc(/C=N\NC(C)=O)c(Br)cc1OCc1ccccc1Cl. The summed E-state index contributed by atoms with van der Waals surface area (Å²) in [6.07, 6.45) is 1.52. The number of hydrogen-bond donors (Lipinski definition) is 1. The zero-order chi connectivity index (χ0) is 17.5. The molecule has 0 aromatic heterocycles. The molecule has 0 atom stereocenters. The van der Waals surface area contributed by atoms with Gasteiger partial charge in [-0.15, -0.1) is 0 Å². The smallest absolute Gasteiger partial charge is 0.236 e. The molecule has 0 spiro atoms. The van der Waals surface area contributed by atoms with Gasteiger partial charge in [0.1, 0.15) is 6.61 Å². The zero-order valence-electron chi connectivity index (χ0n) is 13.2. The van der Waals surface area contributed by atoms with E-state index in [1.807, 2.05) is 24.3 Å². The minimum absolute atomic E-state index is 0.242. The number of hydrogen-bond acceptors (Lipinski definition) is 4. The van der Waals surface area contributed by atoms with Crippen LogP contribution in [-0.4, -0.2) is 19.2 Å². The van der Waals surface area contributed by atoms with E-state index in [4.69, 9.17) is 21.1 Å². The van der Waals surface area contributed by atoms with Crippen LogP contribution in [0.5, 0.6) is 11.5 Å². The van der Waals surface area contributed by atoms with Gasteiger partial charge in [-0.25, -0.2) is 5.43 Å². The van der Waals surface area contributed by atoms with Crippen LogP contribution < -0.4 is 14.9 Å². The van der Waals surface area contributed by atoms with Crippen LogP contribution in [0.3, 0.4) is 0 Å². The highest BCUT2D eigenvalue weighted by Crippen LogP contribution is 2.33. The molecule has 1 N–H and O–H groups in total. The number of amides is 1. The van der Waals surface area contributed by atoms with E-state index >= 15 is 0 Å². The third kappa shape index (κ3) is 4.97. The van der Waals surface area contributed by atoms with E-state index in [1.54, 1.807) is 19.2 Å². The first kappa shape index (κ1) is 18.3. The van der Waals surface area contributed by atoms with Crippen molar-refractivity contribution in [2.24, 2.45) is 5.10 Å². The lowest BCUT2D eigenvalue weighted by Crippen LogP contribution is -2.12. The summed E-state index contributed by atoms with van der Waals surface area (Å²) in [5.41, 5.74) is 3.97. The first-order valence-electron chi connectivity index (χ1n) is 7.04. The van der Waals surface area contributed by atoms with Crippen LogP contribution in [0.25, 0.3) is 0 Å². The fourth-order valence-electron chi connectivity index (χ4n) is 1.89. The fourth-order valence-corrected chi connectivity index (χ4v) is 2.50. The summed E-state index contributed by atoms with van der Waals surface area (Å²) in [6, 6.07) is 11.0. The van der Waals surface area contributed by atoms with Crippen molar-refractivity contribution in [2.45, 2.75) is 13.5 Å². The monoisotopic (exact) mass is 410 g/mol. The zero-order valence-corrected chi connectivity index (χ0v) is 15.5. The van der Waals surface area contributed by atoms with Crippen molar-refractivity contribution in [1.29, 1.82) is 0 Å². The molecule has 2 rings (SSSR count). The molecule has 0 aliphatic heterocycles. The summed E-state index contributed by atoms with van der Waals surface area (Å²) >= 11 is 9.58. The number of ether oxygens (including phenoxy) is 2. The van der Waals surface area contributed by atoms with E-state index in [1.165, 1.54) is 13.1 Å². The second kappa shape index (κ2) is 8.70. The molecule has 1 amide bonds. The van der Waals surface area contributed by atoms with E-state index < -0.39 is 0 Å². The van der Waals surface area contributed by atoms with Crippen LogP contribution in [0, 0.1) is 0 Å². The Morgan fingerprint density at radius 1 is 1.33 bits per heavy atom. The molecule has 7 heteroatoms. The third-order valence-corrected chi connectivity index (χ3v) is 4.11. The Hall–Kier alpha value is -2.05. The van der Waals surface area contributed by atoms with Gasteiger partial charge in [0.15, 0.2) is 11.5 Å². The van der Waals surface area contributed by atoms with Gasteiger partial charge in [0.05, 0.1) is 13.3 Å². The summed E-state index contributed by atoms with van der Waals surface area (Å²) < 4.78 is 11.9. The molecule has 24 heavy (non-hydrogen) atoms. The molecule has 0 radical (unpaired) electrons. The Balaban J connectivity index is 2.18. The third-order valence-electron chi connectivity index (χ3n) is 3.05. The van der Waals surface area contributed by atoms with Crippen molar-refractivity contribution in [3.8, 4) is 11.5 Å². The molecule has 2 aromatic rings. The minimum Gasteiger partial charge on any atom is -0.493 e. The van der Waals surface area contributed by atoms with E-state index in [-0.39, 0.29) is 5.91 Å². The molecule has 0 aliphatic carbocycles. The Kier molecular flexibility index (Phi) is 6.63. The molecule has 5 nitrogen and oxygen atoms in total. The van der Waals surface area contributed by atoms with Crippen molar-refractivity contribution in [3.05, 3.63) is 57.0 Å². The van der Waals surface area contributed by atoms with Gasteiger partial charge >= 0.3 is 0 Å². The van der Waals surface area contributed by atoms with Gasteiger partial charge in [0.25, 0.3) is 0 Å². The van der Waals surface area contributed by atoms with Crippen LogP contribution in [0.4, 0.5) is 0 Å². The molecule has 0 bridgehead atoms. The van der Waals surface area contributed by atoms with Crippen molar-refractivity contribution < 1.29 is 14.3 Å². The van der Waals surface area contributed by atoms with Crippen molar-refractivity contribution >= 4 is 39.7 Å². The molecule has 0 heterocycles. The normalized spacial score (nSPS) is 10.7. The number of nitrogens with one attached hydrogen (secondary N) is 1. The van der Waals surface area contributed by atoms with Crippen LogP contribution in [0.2, 0.25) is 5.02 Å². The minimum atomic E-state index is -0.242. The van der Waals surface area contributed by atoms with Crippen molar-refractivity contribution in [1.82, 2.24) is 5.43 Å². The quantitative estimate of drug-likeness (QED) is 0.573. The first-order chi connectivity index (χ1) is 11.5. The van der Waals surface area contributed by atoms with Gasteiger partial charge in [0.2, 0.25) is 5.91 Å². The van der Waals surface area contributed by atoms with Crippen LogP contribution in [0.1, 0.15) is 18.1 Å². The van der Waals surface area contributed by atoms with Gasteiger partial charge in [-0.05, 0) is 34.1 Å². The summed E-state index contributed by atoms with van der Waals surface area (Å²) in [4.78, 5) is 10.9. The summed E-state index contributed by atoms with van der Waals surface area (Å²) in [6.45, 7) is 1.71. The fraction of sp³-hybridized carbons (Fsp3) is 0.176. The molecule has 0 aliphatic rings. The predicted molar refractivity (Wildman–Crippen MR) is 97.9 cm³/mol. The molecule has 2 aromatic carbocycles. The van der Waals surface area contributed by atoms with Gasteiger partial charge in [-0.3, -0.25) is 4.79 Å². The maximum absolute atomic E-state index is 10.9. The standard InChI is InChI=1S/C17H16BrClN2O3/c1-11(22)21-20-9-13-7-16(23-2)17(8-14(13)18)24-10-12-5-3-4-6-15(12)19/h3-9H,10H2,1-2H3,(H,21,22)/b20-9-. The lowest BCUT2D eigenvalue weighted by Gasteiger charge is -2.13. The van der Waals surface area contributed by atoms with Gasteiger partial charge < -0.3 is 9.47 Å². The topological polar surface area (TPSA) is 59.9 Å².